The van der Waals surface area contributed by atoms with E-state index in [1.165, 1.54) is 69.6 Å². The van der Waals surface area contributed by atoms with E-state index in [4.69, 9.17) is 9.59 Å². The number of nitrogens with one attached hydrogen (secondary N) is 1. The molecule has 0 aromatic carbocycles. The van der Waals surface area contributed by atoms with Crippen LogP contribution in [0.2, 0.25) is 0 Å². The second-order valence-electron chi connectivity index (χ2n) is 18.7. The first kappa shape index (κ1) is 39.4. The van der Waals surface area contributed by atoms with E-state index in [9.17, 15) is 8.42 Å². The topological polar surface area (TPSA) is 83.6 Å². The normalized spacial score (nSPS) is 41.6. The van der Waals surface area contributed by atoms with Gasteiger partial charge in [-0.05, 0) is 154 Å². The molecule has 6 nitrogen and oxygen atoms in total. The summed E-state index contributed by atoms with van der Waals surface area (Å²) < 4.78 is 24.2. The molecule has 1 heterocycles. The van der Waals surface area contributed by atoms with Crippen LogP contribution in [0.3, 0.4) is 0 Å². The Morgan fingerprint density at radius 3 is 2.24 bits per heavy atom. The number of piperidine rings is 1. The summed E-state index contributed by atoms with van der Waals surface area (Å²) in [6.07, 6.45) is 26.7. The molecule has 0 aromatic heterocycles. The predicted molar refractivity (Wildman–Crippen MR) is 204 cm³/mol. The standard InChI is InChI=1S/C42H68N2O2S.CO2/c1-10-11-12-13-31-16-21-39(6)35(38(31,4)5)18-22-41(8)36(39)15-14-34-37-33(30(2)3)17-23-42(37,25-24-40(34,41)7)43-26-29-44-27-19-32(20-28-44)47(9,45)46;2-1-3/h10-13,16,32-37,43H,2,14-15,17-29H2,1,3-9H3;/b11-10+,13-12?;/t33-,34+,35-,36+,37+,39-,40+,41+,42-;/m0./s1. The lowest BCUT2D eigenvalue weighted by Crippen LogP contribution is -2.68. The van der Waals surface area contributed by atoms with E-state index in [2.05, 4.69) is 95.6 Å². The maximum absolute atomic E-state index is 12.1. The Bertz CT molecular complexity index is 1500. The lowest BCUT2D eigenvalue weighted by molar-refractivity contribution is -0.221. The van der Waals surface area contributed by atoms with E-state index in [0.29, 0.717) is 28.1 Å². The number of hydrogen-bond donors (Lipinski definition) is 1. The third kappa shape index (κ3) is 6.65. The zero-order valence-electron chi connectivity index (χ0n) is 32.7. The van der Waals surface area contributed by atoms with Crippen LogP contribution in [0.1, 0.15) is 119 Å². The molecule has 6 rings (SSSR count). The molecular weight excluding hydrogens is 641 g/mol. The molecule has 1 saturated heterocycles. The summed E-state index contributed by atoms with van der Waals surface area (Å²) in [6.45, 7) is 26.2. The van der Waals surface area contributed by atoms with E-state index in [0.717, 1.165) is 56.8 Å². The second kappa shape index (κ2) is 14.6. The van der Waals surface area contributed by atoms with Crippen LogP contribution in [-0.2, 0) is 19.4 Å². The Hall–Kier alpha value is -1.79. The van der Waals surface area contributed by atoms with Crippen molar-refractivity contribution in [2.45, 2.75) is 130 Å². The highest BCUT2D eigenvalue weighted by molar-refractivity contribution is 7.91. The van der Waals surface area contributed by atoms with Crippen molar-refractivity contribution in [3.8, 4) is 0 Å². The number of allylic oxidation sites excluding steroid dienone is 7. The zero-order chi connectivity index (χ0) is 36.8. The minimum atomic E-state index is -2.93. The van der Waals surface area contributed by atoms with E-state index in [-0.39, 0.29) is 22.4 Å². The number of rotatable bonds is 8. The van der Waals surface area contributed by atoms with E-state index < -0.39 is 9.84 Å². The van der Waals surface area contributed by atoms with E-state index >= 15 is 0 Å². The van der Waals surface area contributed by atoms with Crippen molar-refractivity contribution < 1.29 is 18.0 Å². The summed E-state index contributed by atoms with van der Waals surface area (Å²) >= 11 is 0. The number of fused-ring (bicyclic) bond motifs is 7. The Balaban J connectivity index is 0.00000156. The summed E-state index contributed by atoms with van der Waals surface area (Å²) in [6, 6.07) is 0. The van der Waals surface area contributed by atoms with Crippen LogP contribution in [0.4, 0.5) is 0 Å². The first-order valence-corrected chi connectivity index (χ1v) is 21.7. The Morgan fingerprint density at radius 1 is 0.940 bits per heavy atom. The van der Waals surface area contributed by atoms with E-state index in [1.807, 2.05) is 0 Å². The molecule has 5 fully saturated rings. The fourth-order valence-corrected chi connectivity index (χ4v) is 14.7. The molecule has 0 unspecified atom stereocenters. The molecule has 0 spiro atoms. The van der Waals surface area contributed by atoms with Crippen molar-refractivity contribution in [1.82, 2.24) is 10.2 Å². The SMILES string of the molecule is C=C(C)[C@@H]1CC[C@]2(NCCN3CCC(S(C)(=O)=O)CC3)CC[C@]3(C)[C@H](CC[C@@H]4[C@@]5(C)CC=C(C=C/C=C/C)C(C)(C)[C@@H]5CC[C@]43C)[C@@H]12.O=C=O. The second-order valence-corrected chi connectivity index (χ2v) is 21.0. The van der Waals surface area contributed by atoms with Crippen molar-refractivity contribution in [2.24, 2.45) is 51.2 Å². The van der Waals surface area contributed by atoms with Crippen molar-refractivity contribution in [1.29, 1.82) is 0 Å². The molecule has 0 aromatic rings. The highest BCUT2D eigenvalue weighted by Crippen LogP contribution is 2.76. The molecule has 1 aliphatic heterocycles. The molecule has 1 N–H and O–H groups in total. The molecule has 4 saturated carbocycles. The third-order valence-corrected chi connectivity index (χ3v) is 18.0. The van der Waals surface area contributed by atoms with Crippen LogP contribution >= 0.6 is 0 Å². The average Bonchev–Trinajstić information content (AvgIpc) is 3.43. The number of carbonyl (C=O) groups excluding carboxylic acids is 2. The monoisotopic (exact) mass is 708 g/mol. The van der Waals surface area contributed by atoms with Gasteiger partial charge in [-0.15, -0.1) is 0 Å². The lowest BCUT2D eigenvalue weighted by atomic mass is 9.33. The minimum absolute atomic E-state index is 0.150. The van der Waals surface area contributed by atoms with Crippen LogP contribution in [0.5, 0.6) is 0 Å². The van der Waals surface area contributed by atoms with Crippen LogP contribution in [0, 0.1) is 51.2 Å². The number of likely N-dealkylation sites (tertiary alicyclic amines) is 1. The Labute approximate surface area is 305 Å². The van der Waals surface area contributed by atoms with Gasteiger partial charge in [0.25, 0.3) is 0 Å². The molecule has 50 heavy (non-hydrogen) atoms. The molecule has 280 valence electrons. The third-order valence-electron chi connectivity index (χ3n) is 16.3. The van der Waals surface area contributed by atoms with Crippen LogP contribution in [0.15, 0.2) is 48.1 Å². The summed E-state index contributed by atoms with van der Waals surface area (Å²) in [5.41, 5.74) is 4.44. The van der Waals surface area contributed by atoms with E-state index in [1.54, 1.807) is 5.57 Å². The summed E-state index contributed by atoms with van der Waals surface area (Å²) in [5, 5.41) is 4.13. The predicted octanol–water partition coefficient (Wildman–Crippen LogP) is 8.58. The van der Waals surface area contributed by atoms with Gasteiger partial charge >= 0.3 is 6.15 Å². The molecule has 6 aliphatic rings. The molecule has 5 aliphatic carbocycles. The maximum Gasteiger partial charge on any atom is 0.373 e. The van der Waals surface area contributed by atoms with Crippen molar-refractivity contribution >= 4 is 16.0 Å². The largest absolute Gasteiger partial charge is 0.373 e. The van der Waals surface area contributed by atoms with Gasteiger partial charge in [-0.2, -0.15) is 9.59 Å². The zero-order valence-corrected chi connectivity index (χ0v) is 33.5. The number of sulfone groups is 1. The molecule has 0 bridgehead atoms. The number of nitrogens with zero attached hydrogens (tertiary/aromatic N) is 1. The minimum Gasteiger partial charge on any atom is -0.310 e. The van der Waals surface area contributed by atoms with Gasteiger partial charge in [-0.1, -0.05) is 77.2 Å². The van der Waals surface area contributed by atoms with Crippen LogP contribution < -0.4 is 5.32 Å². The summed E-state index contributed by atoms with van der Waals surface area (Å²) in [4.78, 5) is 18.8. The van der Waals surface area contributed by atoms with Crippen LogP contribution in [0.25, 0.3) is 0 Å². The van der Waals surface area contributed by atoms with Gasteiger partial charge in [0.05, 0.1) is 5.25 Å². The van der Waals surface area contributed by atoms with Crippen LogP contribution in [-0.4, -0.2) is 62.7 Å². The molecule has 0 amide bonds. The summed E-state index contributed by atoms with van der Waals surface area (Å²) in [5.74, 6) is 3.53. The van der Waals surface area contributed by atoms with Gasteiger partial charge in [0.1, 0.15) is 9.84 Å². The van der Waals surface area contributed by atoms with Gasteiger partial charge in [-0.25, -0.2) is 8.42 Å². The van der Waals surface area contributed by atoms with Crippen molar-refractivity contribution in [2.75, 3.05) is 32.4 Å². The highest BCUT2D eigenvalue weighted by Gasteiger charge is 2.70. The highest BCUT2D eigenvalue weighted by atomic mass is 32.2. The molecule has 0 radical (unpaired) electrons. The van der Waals surface area contributed by atoms with Gasteiger partial charge in [-0.3, -0.25) is 0 Å². The Morgan fingerprint density at radius 2 is 1.62 bits per heavy atom. The molecular formula is C43H68N2O4S. The molecule has 9 atom stereocenters. The fourth-order valence-electron chi connectivity index (χ4n) is 13.7. The molecule has 7 heteroatoms. The maximum atomic E-state index is 12.1. The number of hydrogen-bond acceptors (Lipinski definition) is 6. The first-order valence-electron chi connectivity index (χ1n) is 19.8. The quantitative estimate of drug-likeness (QED) is 0.201. The first-order chi connectivity index (χ1) is 23.4. The van der Waals surface area contributed by atoms with Gasteiger partial charge in [0.2, 0.25) is 0 Å². The smallest absolute Gasteiger partial charge is 0.310 e. The lowest BCUT2D eigenvalue weighted by Gasteiger charge is -2.72. The van der Waals surface area contributed by atoms with Crippen molar-refractivity contribution in [3.63, 3.8) is 0 Å². The average molecular weight is 709 g/mol. The summed E-state index contributed by atoms with van der Waals surface area (Å²) in [7, 11) is -2.93. The van der Waals surface area contributed by atoms with Crippen molar-refractivity contribution in [3.05, 3.63) is 48.1 Å². The van der Waals surface area contributed by atoms with Gasteiger partial charge < -0.3 is 10.2 Å². The van der Waals surface area contributed by atoms with Gasteiger partial charge in [0.15, 0.2) is 0 Å². The fraction of sp³-hybridized carbons (Fsp3) is 0.791. The van der Waals surface area contributed by atoms with Gasteiger partial charge in [0, 0.05) is 24.9 Å². The Kier molecular flexibility index (Phi) is 11.5.